The molecule has 116 valence electrons. The van der Waals surface area contributed by atoms with Gasteiger partial charge in [0.15, 0.2) is 0 Å². The van der Waals surface area contributed by atoms with Crippen LogP contribution in [0.5, 0.6) is 0 Å². The maximum Gasteiger partial charge on any atom is 0.236 e. The molecule has 2 aromatic rings. The average Bonchev–Trinajstić information content (AvgIpc) is 2.54. The summed E-state index contributed by atoms with van der Waals surface area (Å²) in [5.41, 5.74) is 8.81. The number of amides is 1. The zero-order valence-electron chi connectivity index (χ0n) is 12.8. The van der Waals surface area contributed by atoms with Crippen molar-refractivity contribution < 1.29 is 9.53 Å². The van der Waals surface area contributed by atoms with Crippen LogP contribution in [-0.4, -0.2) is 11.9 Å². The predicted molar refractivity (Wildman–Crippen MR) is 86.9 cm³/mol. The fourth-order valence-corrected chi connectivity index (χ4v) is 2.07. The quantitative estimate of drug-likeness (QED) is 0.825. The smallest absolute Gasteiger partial charge is 0.236 e. The largest absolute Gasteiger partial charge is 0.372 e. The molecule has 0 aliphatic carbocycles. The Morgan fingerprint density at radius 2 is 1.68 bits per heavy atom. The van der Waals surface area contributed by atoms with Gasteiger partial charge in [-0.1, -0.05) is 54.6 Å². The van der Waals surface area contributed by atoms with Crippen molar-refractivity contribution in [3.8, 4) is 0 Å². The highest BCUT2D eigenvalue weighted by Gasteiger charge is 2.08. The van der Waals surface area contributed by atoms with Crippen molar-refractivity contribution in [1.82, 2.24) is 5.32 Å². The first-order valence-electron chi connectivity index (χ1n) is 7.38. The number of carbonyl (C=O) groups excluding carboxylic acids is 1. The lowest BCUT2D eigenvalue weighted by atomic mass is 10.1. The molecule has 0 bridgehead atoms. The molecule has 0 heterocycles. The van der Waals surface area contributed by atoms with Crippen molar-refractivity contribution in [1.29, 1.82) is 0 Å². The Kier molecular flexibility index (Phi) is 6.13. The summed E-state index contributed by atoms with van der Waals surface area (Å²) in [7, 11) is 0. The highest BCUT2D eigenvalue weighted by Crippen LogP contribution is 2.11. The monoisotopic (exact) mass is 298 g/mol. The molecule has 22 heavy (non-hydrogen) atoms. The molecular weight excluding hydrogens is 276 g/mol. The summed E-state index contributed by atoms with van der Waals surface area (Å²) < 4.78 is 5.76. The van der Waals surface area contributed by atoms with E-state index in [-0.39, 0.29) is 5.91 Å². The van der Waals surface area contributed by atoms with Gasteiger partial charge in [-0.15, -0.1) is 0 Å². The lowest BCUT2D eigenvalue weighted by Crippen LogP contribution is -2.37. The van der Waals surface area contributed by atoms with Crippen LogP contribution in [0, 0.1) is 0 Å². The van der Waals surface area contributed by atoms with Crippen molar-refractivity contribution in [3.05, 3.63) is 71.3 Å². The van der Waals surface area contributed by atoms with Crippen LogP contribution in [0.15, 0.2) is 54.6 Å². The Labute approximate surface area is 131 Å². The van der Waals surface area contributed by atoms with Crippen molar-refractivity contribution in [2.45, 2.75) is 32.7 Å². The zero-order valence-corrected chi connectivity index (χ0v) is 12.8. The summed E-state index contributed by atoms with van der Waals surface area (Å²) in [4.78, 5) is 11.6. The van der Waals surface area contributed by atoms with Crippen LogP contribution >= 0.6 is 0 Å². The molecule has 0 saturated heterocycles. The van der Waals surface area contributed by atoms with E-state index in [0.29, 0.717) is 19.8 Å². The van der Waals surface area contributed by atoms with Gasteiger partial charge >= 0.3 is 0 Å². The van der Waals surface area contributed by atoms with Crippen LogP contribution < -0.4 is 11.1 Å². The number of nitrogens with two attached hydrogens (primary N) is 1. The topological polar surface area (TPSA) is 64.4 Å². The zero-order chi connectivity index (χ0) is 15.8. The minimum absolute atomic E-state index is 0.153. The normalized spacial score (nSPS) is 11.9. The molecule has 0 aromatic heterocycles. The first-order chi connectivity index (χ1) is 10.7. The second-order valence-corrected chi connectivity index (χ2v) is 5.25. The molecule has 0 saturated carbocycles. The molecule has 2 aromatic carbocycles. The van der Waals surface area contributed by atoms with Gasteiger partial charge < -0.3 is 15.8 Å². The Morgan fingerprint density at radius 3 is 2.36 bits per heavy atom. The maximum absolute atomic E-state index is 11.6. The standard InChI is InChI=1S/C18H22N2O2/c1-14(19)18(21)20-11-16-9-5-6-10-17(16)13-22-12-15-7-3-2-4-8-15/h2-10,14H,11-13,19H2,1H3,(H,20,21)/t14-/m1/s1. The van der Waals surface area contributed by atoms with Gasteiger partial charge in [-0.25, -0.2) is 0 Å². The van der Waals surface area contributed by atoms with Gasteiger partial charge in [0.25, 0.3) is 0 Å². The van der Waals surface area contributed by atoms with Gasteiger partial charge in [-0.05, 0) is 23.6 Å². The van der Waals surface area contributed by atoms with E-state index in [9.17, 15) is 4.79 Å². The van der Waals surface area contributed by atoms with E-state index in [0.717, 1.165) is 16.7 Å². The summed E-state index contributed by atoms with van der Waals surface area (Å²) in [6.45, 7) is 3.22. The van der Waals surface area contributed by atoms with E-state index in [1.54, 1.807) is 6.92 Å². The van der Waals surface area contributed by atoms with Gasteiger partial charge in [0.05, 0.1) is 19.3 Å². The molecule has 0 radical (unpaired) electrons. The molecule has 0 fully saturated rings. The minimum atomic E-state index is -0.499. The van der Waals surface area contributed by atoms with E-state index in [2.05, 4.69) is 5.32 Å². The fraction of sp³-hybridized carbons (Fsp3) is 0.278. The number of ether oxygens (including phenoxy) is 1. The van der Waals surface area contributed by atoms with Gasteiger partial charge in [0.2, 0.25) is 5.91 Å². The summed E-state index contributed by atoms with van der Waals surface area (Å²) >= 11 is 0. The number of rotatable bonds is 7. The van der Waals surface area contributed by atoms with Crippen LogP contribution in [0.25, 0.3) is 0 Å². The van der Waals surface area contributed by atoms with Crippen molar-refractivity contribution >= 4 is 5.91 Å². The third-order valence-electron chi connectivity index (χ3n) is 3.35. The average molecular weight is 298 g/mol. The van der Waals surface area contributed by atoms with E-state index in [4.69, 9.17) is 10.5 Å². The number of hydrogen-bond donors (Lipinski definition) is 2. The molecule has 2 rings (SSSR count). The molecule has 4 heteroatoms. The Bertz CT molecular complexity index is 597. The van der Waals surface area contributed by atoms with E-state index >= 15 is 0 Å². The van der Waals surface area contributed by atoms with Gasteiger partial charge in [0.1, 0.15) is 0 Å². The highest BCUT2D eigenvalue weighted by molar-refractivity contribution is 5.80. The van der Waals surface area contributed by atoms with Gasteiger partial charge in [0, 0.05) is 6.54 Å². The van der Waals surface area contributed by atoms with Crippen LogP contribution in [-0.2, 0) is 29.3 Å². The van der Waals surface area contributed by atoms with E-state index < -0.39 is 6.04 Å². The van der Waals surface area contributed by atoms with Crippen molar-refractivity contribution in [2.75, 3.05) is 0 Å². The molecule has 0 unspecified atom stereocenters. The summed E-state index contributed by atoms with van der Waals surface area (Å²) in [5.74, 6) is -0.153. The Balaban J connectivity index is 1.89. The molecule has 3 N–H and O–H groups in total. The van der Waals surface area contributed by atoms with Crippen LogP contribution in [0.1, 0.15) is 23.6 Å². The van der Waals surface area contributed by atoms with Crippen molar-refractivity contribution in [3.63, 3.8) is 0 Å². The van der Waals surface area contributed by atoms with Crippen LogP contribution in [0.2, 0.25) is 0 Å². The minimum Gasteiger partial charge on any atom is -0.372 e. The molecule has 1 amide bonds. The summed E-state index contributed by atoms with van der Waals surface area (Å²) in [6, 6.07) is 17.5. The highest BCUT2D eigenvalue weighted by atomic mass is 16.5. The predicted octanol–water partition coefficient (Wildman–Crippen LogP) is 2.37. The second kappa shape index (κ2) is 8.32. The fourth-order valence-electron chi connectivity index (χ4n) is 2.07. The first kappa shape index (κ1) is 16.2. The van der Waals surface area contributed by atoms with E-state index in [1.807, 2.05) is 54.6 Å². The van der Waals surface area contributed by atoms with Crippen LogP contribution in [0.4, 0.5) is 0 Å². The third kappa shape index (κ3) is 4.98. The third-order valence-corrected chi connectivity index (χ3v) is 3.35. The second-order valence-electron chi connectivity index (χ2n) is 5.25. The first-order valence-corrected chi connectivity index (χ1v) is 7.38. The van der Waals surface area contributed by atoms with Gasteiger partial charge in [-0.3, -0.25) is 4.79 Å². The van der Waals surface area contributed by atoms with Crippen molar-refractivity contribution in [2.24, 2.45) is 5.73 Å². The SMILES string of the molecule is C[C@@H](N)C(=O)NCc1ccccc1COCc1ccccc1. The molecule has 4 nitrogen and oxygen atoms in total. The molecule has 0 aliphatic rings. The number of hydrogen-bond acceptors (Lipinski definition) is 3. The lowest BCUT2D eigenvalue weighted by Gasteiger charge is -2.12. The molecule has 0 spiro atoms. The lowest BCUT2D eigenvalue weighted by molar-refractivity contribution is -0.122. The molecular formula is C18H22N2O2. The maximum atomic E-state index is 11.6. The van der Waals surface area contributed by atoms with E-state index in [1.165, 1.54) is 0 Å². The number of nitrogens with one attached hydrogen (secondary N) is 1. The van der Waals surface area contributed by atoms with Gasteiger partial charge in [-0.2, -0.15) is 0 Å². The molecule has 1 atom stereocenters. The van der Waals surface area contributed by atoms with Crippen LogP contribution in [0.3, 0.4) is 0 Å². The summed E-state index contributed by atoms with van der Waals surface area (Å²) in [5, 5.41) is 2.83. The molecule has 0 aliphatic heterocycles. The number of benzene rings is 2. The Morgan fingerprint density at radius 1 is 1.05 bits per heavy atom. The Hall–Kier alpha value is -2.17. The summed E-state index contributed by atoms with van der Waals surface area (Å²) in [6.07, 6.45) is 0. The number of carbonyl (C=O) groups is 1.